The van der Waals surface area contributed by atoms with Crippen LogP contribution in [0.4, 0.5) is 17.1 Å². The summed E-state index contributed by atoms with van der Waals surface area (Å²) in [5.74, 6) is 0. The molecule has 7 aromatic carbocycles. The number of anilines is 3. The summed E-state index contributed by atoms with van der Waals surface area (Å²) in [6.07, 6.45) is 0. The zero-order chi connectivity index (χ0) is 25.1. The number of rotatable bonds is 3. The minimum atomic E-state index is 1.16. The number of hydrogen-bond donors (Lipinski definition) is 0. The first-order valence-electron chi connectivity index (χ1n) is 12.9. The van der Waals surface area contributed by atoms with Gasteiger partial charge in [0.05, 0.1) is 11.4 Å². The van der Waals surface area contributed by atoms with Gasteiger partial charge in [-0.15, -0.1) is 11.3 Å². The predicted molar refractivity (Wildman–Crippen MR) is 167 cm³/mol. The normalized spacial score (nSPS) is 11.7. The summed E-state index contributed by atoms with van der Waals surface area (Å²) in [6.45, 7) is 0. The van der Waals surface area contributed by atoms with Crippen LogP contribution in [0.1, 0.15) is 0 Å². The lowest BCUT2D eigenvalue weighted by Crippen LogP contribution is -2.11. The van der Waals surface area contributed by atoms with Crippen LogP contribution in [0.15, 0.2) is 140 Å². The van der Waals surface area contributed by atoms with Crippen molar-refractivity contribution in [1.82, 2.24) is 0 Å². The zero-order valence-electron chi connectivity index (χ0n) is 20.6. The average molecular weight is 502 g/mol. The number of fused-ring (bicyclic) bond motifs is 7. The van der Waals surface area contributed by atoms with Gasteiger partial charge in [0.15, 0.2) is 0 Å². The van der Waals surface area contributed by atoms with Crippen molar-refractivity contribution < 1.29 is 0 Å². The van der Waals surface area contributed by atoms with Crippen molar-refractivity contribution in [1.29, 1.82) is 0 Å². The minimum absolute atomic E-state index is 1.16. The molecule has 0 aliphatic heterocycles. The van der Waals surface area contributed by atoms with Gasteiger partial charge >= 0.3 is 0 Å². The minimum Gasteiger partial charge on any atom is -0.309 e. The van der Waals surface area contributed by atoms with Gasteiger partial charge in [-0.2, -0.15) is 0 Å². The van der Waals surface area contributed by atoms with Crippen LogP contribution in [0.25, 0.3) is 52.5 Å². The number of benzene rings is 7. The largest absolute Gasteiger partial charge is 0.309 e. The molecule has 0 fully saturated rings. The smallest absolute Gasteiger partial charge is 0.0540 e. The van der Waals surface area contributed by atoms with Crippen LogP contribution >= 0.6 is 11.3 Å². The van der Waals surface area contributed by atoms with Crippen molar-refractivity contribution in [3.63, 3.8) is 0 Å². The second kappa shape index (κ2) is 8.44. The van der Waals surface area contributed by atoms with Gasteiger partial charge in [-0.05, 0) is 46.5 Å². The summed E-state index contributed by atoms with van der Waals surface area (Å²) in [5, 5.41) is 10.2. The monoisotopic (exact) mass is 501 g/mol. The molecule has 0 unspecified atom stereocenters. The highest BCUT2D eigenvalue weighted by Gasteiger charge is 2.18. The highest BCUT2D eigenvalue weighted by atomic mass is 32.1. The summed E-state index contributed by atoms with van der Waals surface area (Å²) < 4.78 is 2.68. The lowest BCUT2D eigenvalue weighted by molar-refractivity contribution is 1.32. The fourth-order valence-corrected chi connectivity index (χ4v) is 7.07. The van der Waals surface area contributed by atoms with Gasteiger partial charge in [0.1, 0.15) is 0 Å². The molecule has 0 aliphatic rings. The summed E-state index contributed by atoms with van der Waals surface area (Å²) >= 11 is 1.89. The average Bonchev–Trinajstić information content (AvgIpc) is 3.37. The van der Waals surface area contributed by atoms with E-state index in [0.717, 1.165) is 5.69 Å². The Morgan fingerprint density at radius 3 is 1.66 bits per heavy atom. The van der Waals surface area contributed by atoms with Crippen LogP contribution in [0.5, 0.6) is 0 Å². The molecule has 178 valence electrons. The lowest BCUT2D eigenvalue weighted by atomic mass is 10.0. The molecule has 1 aromatic heterocycles. The van der Waals surface area contributed by atoms with Crippen molar-refractivity contribution in [3.05, 3.63) is 140 Å². The van der Waals surface area contributed by atoms with Crippen molar-refractivity contribution in [2.45, 2.75) is 0 Å². The Kier molecular flexibility index (Phi) is 4.76. The third kappa shape index (κ3) is 3.24. The van der Waals surface area contributed by atoms with E-state index >= 15 is 0 Å². The van der Waals surface area contributed by atoms with Crippen LogP contribution in [-0.4, -0.2) is 0 Å². The second-order valence-corrected chi connectivity index (χ2v) is 10.8. The van der Waals surface area contributed by atoms with Crippen LogP contribution in [0, 0.1) is 0 Å². The first-order valence-corrected chi connectivity index (χ1v) is 13.8. The molecule has 0 saturated carbocycles. The maximum atomic E-state index is 2.44. The van der Waals surface area contributed by atoms with Gasteiger partial charge in [0.2, 0.25) is 0 Å². The Labute approximate surface area is 224 Å². The molecule has 1 nitrogen and oxygen atoms in total. The van der Waals surface area contributed by atoms with Gasteiger partial charge in [0, 0.05) is 42.0 Å². The maximum Gasteiger partial charge on any atom is 0.0540 e. The van der Waals surface area contributed by atoms with E-state index in [1.54, 1.807) is 0 Å². The van der Waals surface area contributed by atoms with Crippen molar-refractivity contribution >= 4 is 80.9 Å². The number of thiophene rings is 1. The van der Waals surface area contributed by atoms with Crippen LogP contribution in [-0.2, 0) is 0 Å². The Hall–Kier alpha value is -4.66. The van der Waals surface area contributed by atoms with Crippen molar-refractivity contribution in [2.75, 3.05) is 4.90 Å². The second-order valence-electron chi connectivity index (χ2n) is 9.78. The van der Waals surface area contributed by atoms with E-state index in [9.17, 15) is 0 Å². The van der Waals surface area contributed by atoms with Crippen molar-refractivity contribution in [2.24, 2.45) is 0 Å². The maximum absolute atomic E-state index is 2.44. The lowest BCUT2D eigenvalue weighted by Gasteiger charge is -2.28. The Bertz CT molecular complexity index is 2060. The molecule has 0 N–H and O–H groups in total. The zero-order valence-corrected chi connectivity index (χ0v) is 21.5. The molecule has 0 aliphatic carbocycles. The summed E-state index contributed by atoms with van der Waals surface area (Å²) in [7, 11) is 0. The van der Waals surface area contributed by atoms with Gasteiger partial charge in [-0.1, -0.05) is 109 Å². The topological polar surface area (TPSA) is 3.24 Å². The standard InChI is InChI=1S/C36H23NS/c1-3-13-28-24(9-1)11-7-16-33(28)37(34-17-8-12-25-10-2-4-14-29(25)34)27-21-19-26-20-22-31-30-15-5-6-18-35(30)38-36(31)32(26)23-27/h1-23H. The van der Waals surface area contributed by atoms with E-state index in [-0.39, 0.29) is 0 Å². The predicted octanol–water partition coefficient (Wildman–Crippen LogP) is 11.0. The molecule has 0 spiro atoms. The third-order valence-electron chi connectivity index (χ3n) is 7.62. The van der Waals surface area contributed by atoms with Gasteiger partial charge in [-0.25, -0.2) is 0 Å². The molecule has 8 aromatic rings. The third-order valence-corrected chi connectivity index (χ3v) is 8.84. The molecule has 0 saturated heterocycles. The molecule has 0 atom stereocenters. The van der Waals surface area contributed by atoms with E-state index < -0.39 is 0 Å². The SMILES string of the molecule is c1ccc2c(N(c3ccc4ccc5c6ccccc6sc5c4c3)c3cccc4ccccc34)cccc2c1. The van der Waals surface area contributed by atoms with E-state index in [1.165, 1.54) is 63.9 Å². The fraction of sp³-hybridized carbons (Fsp3) is 0. The van der Waals surface area contributed by atoms with Gasteiger partial charge in [0.25, 0.3) is 0 Å². The molecular formula is C36H23NS. The quantitative estimate of drug-likeness (QED) is 0.233. The fourth-order valence-electron chi connectivity index (χ4n) is 5.84. The molecular weight excluding hydrogens is 478 g/mol. The Morgan fingerprint density at radius 1 is 0.395 bits per heavy atom. The molecule has 0 amide bonds. The summed E-state index contributed by atoms with van der Waals surface area (Å²) in [6, 6.07) is 50.8. The van der Waals surface area contributed by atoms with Crippen LogP contribution < -0.4 is 4.90 Å². The van der Waals surface area contributed by atoms with E-state index in [0.29, 0.717) is 0 Å². The first kappa shape index (κ1) is 21.4. The van der Waals surface area contributed by atoms with Crippen molar-refractivity contribution in [3.8, 4) is 0 Å². The van der Waals surface area contributed by atoms with E-state index in [4.69, 9.17) is 0 Å². The van der Waals surface area contributed by atoms with E-state index in [1.807, 2.05) is 11.3 Å². The summed E-state index contributed by atoms with van der Waals surface area (Å²) in [5.41, 5.74) is 3.53. The Morgan fingerprint density at radius 2 is 0.947 bits per heavy atom. The summed E-state index contributed by atoms with van der Waals surface area (Å²) in [4.78, 5) is 2.44. The molecule has 1 heterocycles. The Balaban J connectivity index is 1.46. The molecule has 38 heavy (non-hydrogen) atoms. The van der Waals surface area contributed by atoms with Gasteiger partial charge in [-0.3, -0.25) is 0 Å². The van der Waals surface area contributed by atoms with Crippen LogP contribution in [0.3, 0.4) is 0 Å². The first-order chi connectivity index (χ1) is 18.8. The highest BCUT2D eigenvalue weighted by molar-refractivity contribution is 7.26. The number of nitrogens with zero attached hydrogens (tertiary/aromatic N) is 1. The van der Waals surface area contributed by atoms with E-state index in [2.05, 4.69) is 144 Å². The van der Waals surface area contributed by atoms with Crippen LogP contribution in [0.2, 0.25) is 0 Å². The number of hydrogen-bond acceptors (Lipinski definition) is 2. The van der Waals surface area contributed by atoms with Gasteiger partial charge < -0.3 is 4.90 Å². The molecule has 2 heteroatoms. The molecule has 0 radical (unpaired) electrons. The molecule has 0 bridgehead atoms. The highest BCUT2D eigenvalue weighted by Crippen LogP contribution is 2.44. The molecule has 8 rings (SSSR count).